The van der Waals surface area contributed by atoms with Crippen molar-refractivity contribution in [1.82, 2.24) is 9.47 Å². The van der Waals surface area contributed by atoms with Crippen LogP contribution in [0.2, 0.25) is 0 Å². The average Bonchev–Trinajstić information content (AvgIpc) is 3.14. The largest absolute Gasteiger partial charge is 0.493 e. The van der Waals surface area contributed by atoms with Gasteiger partial charge in [0.15, 0.2) is 11.5 Å². The minimum absolute atomic E-state index is 0.0967. The molecule has 0 spiro atoms. The molecule has 0 saturated carbocycles. The topological polar surface area (TPSA) is 43.7 Å². The fourth-order valence-corrected chi connectivity index (χ4v) is 5.01. The van der Waals surface area contributed by atoms with Crippen LogP contribution in [0.15, 0.2) is 42.5 Å². The molecule has 4 rings (SSSR count). The first kappa shape index (κ1) is 23.9. The second kappa shape index (κ2) is 10.4. The van der Waals surface area contributed by atoms with Crippen LogP contribution in [0.25, 0.3) is 0 Å². The van der Waals surface area contributed by atoms with Crippen molar-refractivity contribution in [3.63, 3.8) is 0 Å². The number of nitrogens with zero attached hydrogens (tertiary/aromatic N) is 2. The third-order valence-electron chi connectivity index (χ3n) is 7.04. The Morgan fingerprint density at radius 3 is 2.32 bits per heavy atom. The van der Waals surface area contributed by atoms with Crippen molar-refractivity contribution in [3.05, 3.63) is 81.7 Å². The molecule has 1 heterocycles. The molecule has 0 N–H and O–H groups in total. The van der Waals surface area contributed by atoms with E-state index >= 15 is 0 Å². The van der Waals surface area contributed by atoms with E-state index in [1.54, 1.807) is 14.2 Å². The maximum Gasteiger partial charge on any atom is 0.270 e. The molecule has 0 saturated heterocycles. The van der Waals surface area contributed by atoms with Crippen LogP contribution in [0.1, 0.15) is 56.8 Å². The highest BCUT2D eigenvalue weighted by Crippen LogP contribution is 2.32. The van der Waals surface area contributed by atoms with E-state index in [4.69, 9.17) is 9.47 Å². The zero-order valence-corrected chi connectivity index (χ0v) is 21.1. The van der Waals surface area contributed by atoms with Crippen LogP contribution in [-0.4, -0.2) is 43.2 Å². The number of aryl methyl sites for hydroxylation is 1. The number of methoxy groups -OCH3 is 2. The molecule has 0 atom stereocenters. The normalized spacial score (nSPS) is 12.9. The Morgan fingerprint density at radius 1 is 0.941 bits per heavy atom. The Hall–Kier alpha value is -3.21. The number of ether oxygens (including phenoxy) is 2. The zero-order valence-electron chi connectivity index (χ0n) is 21.1. The molecule has 1 amide bonds. The third kappa shape index (κ3) is 4.84. The Labute approximate surface area is 203 Å². The summed E-state index contributed by atoms with van der Waals surface area (Å²) in [6, 6.07) is 14.6. The number of likely N-dealkylation sites (N-methyl/N-ethyl adjacent to an activating group) is 1. The summed E-state index contributed by atoms with van der Waals surface area (Å²) in [5.41, 5.74) is 8.34. The molecule has 0 unspecified atom stereocenters. The highest BCUT2D eigenvalue weighted by Gasteiger charge is 2.27. The van der Waals surface area contributed by atoms with Gasteiger partial charge in [-0.05, 0) is 80.3 Å². The van der Waals surface area contributed by atoms with Gasteiger partial charge >= 0.3 is 0 Å². The van der Waals surface area contributed by atoms with Gasteiger partial charge in [0.05, 0.1) is 14.2 Å². The second-order valence-corrected chi connectivity index (χ2v) is 9.34. The molecular formula is C29H36N2O3. The van der Waals surface area contributed by atoms with Gasteiger partial charge in [0.2, 0.25) is 0 Å². The molecule has 2 aromatic carbocycles. The van der Waals surface area contributed by atoms with E-state index in [1.165, 1.54) is 35.2 Å². The molecule has 0 fully saturated rings. The van der Waals surface area contributed by atoms with Crippen molar-refractivity contribution in [2.45, 2.75) is 52.5 Å². The van der Waals surface area contributed by atoms with E-state index in [1.807, 2.05) is 30.1 Å². The highest BCUT2D eigenvalue weighted by molar-refractivity contribution is 5.95. The zero-order chi connectivity index (χ0) is 24.2. The highest BCUT2D eigenvalue weighted by atomic mass is 16.5. The van der Waals surface area contributed by atoms with Gasteiger partial charge < -0.3 is 18.9 Å². The third-order valence-corrected chi connectivity index (χ3v) is 7.04. The maximum absolute atomic E-state index is 13.8. The summed E-state index contributed by atoms with van der Waals surface area (Å²) in [6.45, 7) is 5.61. The summed E-state index contributed by atoms with van der Waals surface area (Å²) in [7, 11) is 5.19. The summed E-state index contributed by atoms with van der Waals surface area (Å²) >= 11 is 0. The van der Waals surface area contributed by atoms with Gasteiger partial charge in [-0.15, -0.1) is 0 Å². The van der Waals surface area contributed by atoms with Gasteiger partial charge in [0.1, 0.15) is 5.69 Å². The van der Waals surface area contributed by atoms with Crippen LogP contribution in [0.3, 0.4) is 0 Å². The quantitative estimate of drug-likeness (QED) is 0.454. The van der Waals surface area contributed by atoms with Crippen molar-refractivity contribution >= 4 is 5.91 Å². The number of benzene rings is 2. The lowest BCUT2D eigenvalue weighted by molar-refractivity contribution is 0.0785. The van der Waals surface area contributed by atoms with Crippen LogP contribution >= 0.6 is 0 Å². The van der Waals surface area contributed by atoms with Crippen molar-refractivity contribution < 1.29 is 14.3 Å². The lowest BCUT2D eigenvalue weighted by Gasteiger charge is -2.21. The molecule has 5 heteroatoms. The molecule has 3 aromatic rings. The first-order valence-electron chi connectivity index (χ1n) is 12.2. The van der Waals surface area contributed by atoms with Crippen molar-refractivity contribution in [1.29, 1.82) is 0 Å². The lowest BCUT2D eigenvalue weighted by atomic mass is 9.95. The lowest BCUT2D eigenvalue weighted by Crippen LogP contribution is -2.31. The van der Waals surface area contributed by atoms with E-state index in [9.17, 15) is 4.79 Å². The van der Waals surface area contributed by atoms with Gasteiger partial charge in [-0.3, -0.25) is 4.79 Å². The fraction of sp³-hybridized carbons (Fsp3) is 0.414. The van der Waals surface area contributed by atoms with E-state index in [0.29, 0.717) is 18.0 Å². The van der Waals surface area contributed by atoms with Gasteiger partial charge in [-0.1, -0.05) is 35.9 Å². The van der Waals surface area contributed by atoms with Gasteiger partial charge in [-0.25, -0.2) is 0 Å². The Balaban J connectivity index is 1.58. The SMILES string of the molecule is COc1ccc(CCN(C)C(=O)c2c(C)c3c(n2Cc2ccc(C)cc2)CCCC3)cc1OC. The molecule has 180 valence electrons. The molecule has 0 aliphatic heterocycles. The number of amides is 1. The van der Waals surface area contributed by atoms with Gasteiger partial charge in [0.25, 0.3) is 5.91 Å². The summed E-state index contributed by atoms with van der Waals surface area (Å²) in [5.74, 6) is 1.52. The van der Waals surface area contributed by atoms with E-state index < -0.39 is 0 Å². The number of rotatable bonds is 8. The van der Waals surface area contributed by atoms with Crippen LogP contribution in [0.5, 0.6) is 11.5 Å². The number of carbonyl (C=O) groups excluding carboxylic acids is 1. The van der Waals surface area contributed by atoms with Gasteiger partial charge in [0, 0.05) is 25.8 Å². The predicted octanol–water partition coefficient (Wildman–Crippen LogP) is 5.36. The Bertz CT molecular complexity index is 1160. The molecule has 1 aromatic heterocycles. The number of hydrogen-bond donors (Lipinski definition) is 0. The summed E-state index contributed by atoms with van der Waals surface area (Å²) in [4.78, 5) is 15.6. The number of fused-ring (bicyclic) bond motifs is 1. The molecule has 5 nitrogen and oxygen atoms in total. The molecule has 1 aliphatic carbocycles. The summed E-state index contributed by atoms with van der Waals surface area (Å²) in [5, 5.41) is 0. The minimum atomic E-state index is 0.0967. The van der Waals surface area contributed by atoms with E-state index in [0.717, 1.165) is 42.6 Å². The van der Waals surface area contributed by atoms with E-state index in [-0.39, 0.29) is 5.91 Å². The molecule has 34 heavy (non-hydrogen) atoms. The second-order valence-electron chi connectivity index (χ2n) is 9.34. The first-order chi connectivity index (χ1) is 16.4. The number of hydrogen-bond acceptors (Lipinski definition) is 3. The van der Waals surface area contributed by atoms with Gasteiger partial charge in [-0.2, -0.15) is 0 Å². The fourth-order valence-electron chi connectivity index (χ4n) is 5.01. The van der Waals surface area contributed by atoms with Crippen LogP contribution < -0.4 is 9.47 Å². The maximum atomic E-state index is 13.8. The van der Waals surface area contributed by atoms with E-state index in [2.05, 4.69) is 42.7 Å². The van der Waals surface area contributed by atoms with Crippen LogP contribution in [0.4, 0.5) is 0 Å². The monoisotopic (exact) mass is 460 g/mol. The molecular weight excluding hydrogens is 424 g/mol. The van der Waals surface area contributed by atoms with Crippen LogP contribution in [0, 0.1) is 13.8 Å². The smallest absolute Gasteiger partial charge is 0.270 e. The molecule has 0 bridgehead atoms. The standard InChI is InChI=1S/C29H36N2O3/c1-20-10-12-23(13-11-20)19-31-25-9-7-6-8-24(25)21(2)28(31)29(32)30(3)17-16-22-14-15-26(33-4)27(18-22)34-5/h10-15,18H,6-9,16-17,19H2,1-5H3. The summed E-state index contributed by atoms with van der Waals surface area (Å²) in [6.07, 6.45) is 5.25. The number of carbonyl (C=O) groups is 1. The predicted molar refractivity (Wildman–Crippen MR) is 136 cm³/mol. The Kier molecular flexibility index (Phi) is 7.30. The van der Waals surface area contributed by atoms with Crippen molar-refractivity contribution in [2.75, 3.05) is 27.8 Å². The van der Waals surface area contributed by atoms with Crippen molar-refractivity contribution in [3.8, 4) is 11.5 Å². The average molecular weight is 461 g/mol. The molecule has 1 aliphatic rings. The Morgan fingerprint density at radius 2 is 1.62 bits per heavy atom. The number of aromatic nitrogens is 1. The molecule has 0 radical (unpaired) electrons. The van der Waals surface area contributed by atoms with Crippen molar-refractivity contribution in [2.24, 2.45) is 0 Å². The summed E-state index contributed by atoms with van der Waals surface area (Å²) < 4.78 is 13.1. The van der Waals surface area contributed by atoms with Crippen LogP contribution in [-0.2, 0) is 25.8 Å². The first-order valence-corrected chi connectivity index (χ1v) is 12.2. The minimum Gasteiger partial charge on any atom is -0.493 e.